The Labute approximate surface area is 236 Å². The van der Waals surface area contributed by atoms with Gasteiger partial charge in [-0.1, -0.05) is 35.0 Å². The predicted octanol–water partition coefficient (Wildman–Crippen LogP) is 4.66. The molecule has 0 atom stereocenters. The Morgan fingerprint density at radius 2 is 1.83 bits per heavy atom. The first-order valence-corrected chi connectivity index (χ1v) is 13.7. The second kappa shape index (κ2) is 10.5. The highest BCUT2D eigenvalue weighted by Crippen LogP contribution is 2.35. The number of hydrogen-bond donors (Lipinski definition) is 0. The molecule has 5 heterocycles. The second-order valence-corrected chi connectivity index (χ2v) is 10.3. The minimum atomic E-state index is -0.0286. The molecule has 10 heteroatoms. The number of rotatable bonds is 5. The molecule has 0 bridgehead atoms. The molecule has 1 fully saturated rings. The standard InChI is InChI=1S/C31H28N6O4/c1-20-5-7-21(8-6-20)16-26-33-29(27-28(35-41-30(27)34-26)23-4-2-11-32-18-23)36-12-3-13-37(15-14-36)31(38)22-9-10-24-25(17-22)40-19-39-24/h2,4-11,17-18H,3,12-16,19H2,1H3. The number of carbonyl (C=O) groups excluding carboxylic acids is 1. The highest BCUT2D eigenvalue weighted by Gasteiger charge is 2.27. The number of anilines is 1. The summed E-state index contributed by atoms with van der Waals surface area (Å²) in [5.74, 6) is 2.65. The Morgan fingerprint density at radius 3 is 2.68 bits per heavy atom. The molecule has 41 heavy (non-hydrogen) atoms. The Balaban J connectivity index is 1.21. The van der Waals surface area contributed by atoms with E-state index >= 15 is 0 Å². The van der Waals surface area contributed by atoms with Crippen molar-refractivity contribution in [2.75, 3.05) is 37.9 Å². The van der Waals surface area contributed by atoms with E-state index < -0.39 is 0 Å². The summed E-state index contributed by atoms with van der Waals surface area (Å²) in [6, 6.07) is 17.5. The fourth-order valence-electron chi connectivity index (χ4n) is 5.32. The van der Waals surface area contributed by atoms with Crippen LogP contribution in [0.25, 0.3) is 22.4 Å². The van der Waals surface area contributed by atoms with Crippen molar-refractivity contribution in [3.8, 4) is 22.8 Å². The number of carbonyl (C=O) groups is 1. The summed E-state index contributed by atoms with van der Waals surface area (Å²) < 4.78 is 16.7. The maximum atomic E-state index is 13.4. The number of fused-ring (bicyclic) bond motifs is 2. The third kappa shape index (κ3) is 4.93. The Hall–Kier alpha value is -4.99. The van der Waals surface area contributed by atoms with Gasteiger partial charge in [0.25, 0.3) is 11.6 Å². The molecule has 10 nitrogen and oxygen atoms in total. The molecular formula is C31H28N6O4. The molecule has 0 spiro atoms. The molecule has 7 rings (SSSR count). The summed E-state index contributed by atoms with van der Waals surface area (Å²) in [6.07, 6.45) is 4.83. The average molecular weight is 549 g/mol. The third-order valence-corrected chi connectivity index (χ3v) is 7.48. The van der Waals surface area contributed by atoms with Crippen LogP contribution in [0.5, 0.6) is 11.5 Å². The number of amides is 1. The summed E-state index contributed by atoms with van der Waals surface area (Å²) in [7, 11) is 0. The van der Waals surface area contributed by atoms with E-state index in [2.05, 4.69) is 46.2 Å². The van der Waals surface area contributed by atoms with Crippen LogP contribution in [-0.2, 0) is 6.42 Å². The summed E-state index contributed by atoms with van der Waals surface area (Å²) in [5, 5.41) is 5.14. The fourth-order valence-corrected chi connectivity index (χ4v) is 5.32. The molecule has 1 saturated heterocycles. The lowest BCUT2D eigenvalue weighted by molar-refractivity contribution is 0.0766. The maximum absolute atomic E-state index is 13.4. The molecule has 1 amide bonds. The van der Waals surface area contributed by atoms with E-state index in [-0.39, 0.29) is 12.7 Å². The molecule has 0 aliphatic carbocycles. The van der Waals surface area contributed by atoms with E-state index in [0.717, 1.165) is 35.3 Å². The minimum Gasteiger partial charge on any atom is -0.454 e. The lowest BCUT2D eigenvalue weighted by atomic mass is 10.1. The number of benzene rings is 2. The van der Waals surface area contributed by atoms with Gasteiger partial charge in [0.05, 0.1) is 0 Å². The Kier molecular flexibility index (Phi) is 6.42. The molecule has 2 aliphatic rings. The molecule has 2 aliphatic heterocycles. The smallest absolute Gasteiger partial charge is 0.263 e. The van der Waals surface area contributed by atoms with Crippen LogP contribution in [0.1, 0.15) is 33.7 Å². The molecule has 0 saturated carbocycles. The van der Waals surface area contributed by atoms with Gasteiger partial charge in [-0.05, 0) is 49.2 Å². The molecule has 5 aromatic rings. The van der Waals surface area contributed by atoms with Gasteiger partial charge in [0, 0.05) is 56.1 Å². The molecule has 0 unspecified atom stereocenters. The lowest BCUT2D eigenvalue weighted by Gasteiger charge is -2.24. The highest BCUT2D eigenvalue weighted by atomic mass is 16.7. The number of aromatic nitrogens is 4. The molecule has 206 valence electrons. The van der Waals surface area contributed by atoms with Crippen LogP contribution >= 0.6 is 0 Å². The van der Waals surface area contributed by atoms with Gasteiger partial charge in [0.2, 0.25) is 6.79 Å². The van der Waals surface area contributed by atoms with Crippen molar-refractivity contribution in [3.05, 3.63) is 89.5 Å². The monoisotopic (exact) mass is 548 g/mol. The van der Waals surface area contributed by atoms with Gasteiger partial charge in [-0.2, -0.15) is 4.98 Å². The largest absolute Gasteiger partial charge is 0.454 e. The van der Waals surface area contributed by atoms with Gasteiger partial charge in [-0.15, -0.1) is 0 Å². The first-order chi connectivity index (χ1) is 20.1. The van der Waals surface area contributed by atoms with Gasteiger partial charge in [-0.25, -0.2) is 4.98 Å². The fraction of sp³-hybridized carbons (Fsp3) is 0.258. The molecule has 0 radical (unpaired) electrons. The predicted molar refractivity (Wildman–Crippen MR) is 152 cm³/mol. The van der Waals surface area contributed by atoms with Crippen molar-refractivity contribution in [1.82, 2.24) is 25.0 Å². The topological polar surface area (TPSA) is 107 Å². The number of ether oxygens (including phenoxy) is 2. The number of hydrogen-bond acceptors (Lipinski definition) is 9. The Bertz CT molecular complexity index is 1720. The Morgan fingerprint density at radius 1 is 0.951 bits per heavy atom. The van der Waals surface area contributed by atoms with E-state index in [1.165, 1.54) is 5.56 Å². The summed E-state index contributed by atoms with van der Waals surface area (Å²) in [4.78, 5) is 31.6. The first kappa shape index (κ1) is 25.0. The van der Waals surface area contributed by atoms with Crippen molar-refractivity contribution in [2.45, 2.75) is 19.8 Å². The molecule has 0 N–H and O–H groups in total. The number of nitrogens with zero attached hydrogens (tertiary/aromatic N) is 6. The highest BCUT2D eigenvalue weighted by molar-refractivity contribution is 5.98. The van der Waals surface area contributed by atoms with Gasteiger partial charge < -0.3 is 23.8 Å². The van der Waals surface area contributed by atoms with Crippen LogP contribution in [0.3, 0.4) is 0 Å². The van der Waals surface area contributed by atoms with Crippen LogP contribution in [0.2, 0.25) is 0 Å². The number of aryl methyl sites for hydroxylation is 1. The van der Waals surface area contributed by atoms with Crippen molar-refractivity contribution in [3.63, 3.8) is 0 Å². The van der Waals surface area contributed by atoms with Gasteiger partial charge >= 0.3 is 0 Å². The van der Waals surface area contributed by atoms with Crippen LogP contribution in [0.15, 0.2) is 71.5 Å². The van der Waals surface area contributed by atoms with Gasteiger partial charge in [-0.3, -0.25) is 9.78 Å². The third-order valence-electron chi connectivity index (χ3n) is 7.48. The van der Waals surface area contributed by atoms with E-state index in [0.29, 0.717) is 60.3 Å². The van der Waals surface area contributed by atoms with Crippen LogP contribution < -0.4 is 14.4 Å². The first-order valence-electron chi connectivity index (χ1n) is 13.7. The zero-order valence-electron chi connectivity index (χ0n) is 22.6. The average Bonchev–Trinajstić information content (AvgIpc) is 3.58. The molecule has 3 aromatic heterocycles. The van der Waals surface area contributed by atoms with Crippen molar-refractivity contribution < 1.29 is 18.8 Å². The van der Waals surface area contributed by atoms with E-state index in [1.807, 2.05) is 17.0 Å². The molecular weight excluding hydrogens is 520 g/mol. The van der Waals surface area contributed by atoms with Crippen molar-refractivity contribution >= 4 is 22.8 Å². The quantitative estimate of drug-likeness (QED) is 0.310. The SMILES string of the molecule is Cc1ccc(Cc2nc(N3CCCN(C(=O)c4ccc5c(c4)OCO5)CC3)c3c(-c4cccnc4)noc3n2)cc1. The summed E-state index contributed by atoms with van der Waals surface area (Å²) in [5.41, 5.74) is 4.83. The van der Waals surface area contributed by atoms with Gasteiger partial charge in [0.1, 0.15) is 22.7 Å². The maximum Gasteiger partial charge on any atom is 0.263 e. The van der Waals surface area contributed by atoms with Crippen LogP contribution in [-0.4, -0.2) is 63.9 Å². The van der Waals surface area contributed by atoms with Gasteiger partial charge in [0.15, 0.2) is 11.5 Å². The van der Waals surface area contributed by atoms with Crippen molar-refractivity contribution in [1.29, 1.82) is 0 Å². The minimum absolute atomic E-state index is 0.0286. The van der Waals surface area contributed by atoms with Crippen LogP contribution in [0, 0.1) is 6.92 Å². The molecule has 2 aromatic carbocycles. The zero-order chi connectivity index (χ0) is 27.8. The lowest BCUT2D eigenvalue weighted by Crippen LogP contribution is -2.35. The van der Waals surface area contributed by atoms with E-state index in [1.54, 1.807) is 30.6 Å². The normalized spacial score (nSPS) is 14.9. The van der Waals surface area contributed by atoms with E-state index in [4.69, 9.17) is 24.0 Å². The second-order valence-electron chi connectivity index (χ2n) is 10.3. The van der Waals surface area contributed by atoms with Crippen molar-refractivity contribution in [2.24, 2.45) is 0 Å². The van der Waals surface area contributed by atoms with E-state index in [9.17, 15) is 4.79 Å². The zero-order valence-corrected chi connectivity index (χ0v) is 22.6. The summed E-state index contributed by atoms with van der Waals surface area (Å²) >= 11 is 0. The van der Waals surface area contributed by atoms with Crippen LogP contribution in [0.4, 0.5) is 5.82 Å². The summed E-state index contributed by atoms with van der Waals surface area (Å²) in [6.45, 7) is 4.74. The number of pyridine rings is 1.